The molecule has 0 atom stereocenters. The Kier molecular flexibility index (Phi) is 6.57. The molecule has 0 aliphatic heterocycles. The van der Waals surface area contributed by atoms with Gasteiger partial charge in [-0.3, -0.25) is 9.59 Å². The molecule has 3 aromatic rings. The van der Waals surface area contributed by atoms with Crippen molar-refractivity contribution in [2.45, 2.75) is 19.4 Å². The third-order valence-corrected chi connectivity index (χ3v) is 4.70. The molecule has 0 unspecified atom stereocenters. The molecule has 7 heteroatoms. The summed E-state index contributed by atoms with van der Waals surface area (Å²) in [5.41, 5.74) is 3.12. The lowest BCUT2D eigenvalue weighted by atomic mass is 10.1. The highest BCUT2D eigenvalue weighted by atomic mass is 35.5. The number of methoxy groups -OCH3 is 1. The van der Waals surface area contributed by atoms with Crippen molar-refractivity contribution in [3.05, 3.63) is 71.4 Å². The van der Waals surface area contributed by atoms with E-state index in [1.54, 1.807) is 31.4 Å². The van der Waals surface area contributed by atoms with Gasteiger partial charge in [-0.15, -0.1) is 0 Å². The zero-order chi connectivity index (χ0) is 20.8. The Morgan fingerprint density at radius 2 is 1.86 bits per heavy atom. The van der Waals surface area contributed by atoms with Crippen LogP contribution in [0.25, 0.3) is 11.3 Å². The number of carbonyl (C=O) groups excluding carboxylic acids is 1. The molecule has 3 rings (SSSR count). The Hall–Kier alpha value is -3.25. The predicted octanol–water partition coefficient (Wildman–Crippen LogP) is 4.47. The summed E-state index contributed by atoms with van der Waals surface area (Å²) in [5.74, 6) is -0.376. The fourth-order valence-corrected chi connectivity index (χ4v) is 3.26. The van der Waals surface area contributed by atoms with Gasteiger partial charge in [-0.1, -0.05) is 17.7 Å². The first-order chi connectivity index (χ1) is 14.0. The Morgan fingerprint density at radius 3 is 2.52 bits per heavy atom. The van der Waals surface area contributed by atoms with Crippen LogP contribution in [0.4, 0.5) is 5.69 Å². The monoisotopic (exact) mass is 412 g/mol. The van der Waals surface area contributed by atoms with Gasteiger partial charge in [0.1, 0.15) is 12.3 Å². The lowest BCUT2D eigenvalue weighted by Crippen LogP contribution is -2.21. The van der Waals surface area contributed by atoms with Crippen molar-refractivity contribution >= 4 is 29.2 Å². The third-order valence-electron chi connectivity index (χ3n) is 4.46. The summed E-state index contributed by atoms with van der Waals surface area (Å²) >= 11 is 5.97. The second-order valence-electron chi connectivity index (χ2n) is 6.48. The second-order valence-corrected chi connectivity index (χ2v) is 6.91. The van der Waals surface area contributed by atoms with Gasteiger partial charge in [-0.2, -0.15) is 0 Å². The molecule has 2 N–H and O–H groups in total. The van der Waals surface area contributed by atoms with E-state index < -0.39 is 5.97 Å². The maximum atomic E-state index is 12.7. The standard InChI is InChI=1S/C22H21ClN2O4/c1-29-19-9-5-15(6-10-19)20-11-7-18(8-12-22(27)28)25(20)14-21(26)24-17-4-2-3-16(23)13-17/h2-7,9-11,13H,8,12,14H2,1H3,(H,24,26)(H,27,28). The van der Waals surface area contributed by atoms with Crippen molar-refractivity contribution in [3.63, 3.8) is 0 Å². The summed E-state index contributed by atoms with van der Waals surface area (Å²) in [6.45, 7) is 0.0514. The summed E-state index contributed by atoms with van der Waals surface area (Å²) in [5, 5.41) is 12.4. The van der Waals surface area contributed by atoms with Gasteiger partial charge in [0.05, 0.1) is 13.5 Å². The molecular formula is C22H21ClN2O4. The number of benzene rings is 2. The average Bonchev–Trinajstić information content (AvgIpc) is 3.08. The number of aromatic nitrogens is 1. The molecule has 0 saturated carbocycles. The molecule has 29 heavy (non-hydrogen) atoms. The number of rotatable bonds is 8. The van der Waals surface area contributed by atoms with Gasteiger partial charge in [-0.25, -0.2) is 0 Å². The molecule has 1 amide bonds. The highest BCUT2D eigenvalue weighted by molar-refractivity contribution is 6.30. The van der Waals surface area contributed by atoms with E-state index in [2.05, 4.69) is 5.32 Å². The van der Waals surface area contributed by atoms with Crippen LogP contribution >= 0.6 is 11.6 Å². The van der Waals surface area contributed by atoms with Crippen LogP contribution in [0.5, 0.6) is 5.75 Å². The number of carboxylic acids is 1. The van der Waals surface area contributed by atoms with E-state index in [1.807, 2.05) is 41.0 Å². The molecule has 0 aliphatic carbocycles. The topological polar surface area (TPSA) is 80.6 Å². The van der Waals surface area contributed by atoms with Crippen LogP contribution in [-0.4, -0.2) is 28.7 Å². The van der Waals surface area contributed by atoms with Gasteiger partial charge in [0.15, 0.2) is 0 Å². The molecule has 0 bridgehead atoms. The molecule has 0 fully saturated rings. The first-order valence-electron chi connectivity index (χ1n) is 9.06. The minimum atomic E-state index is -0.882. The van der Waals surface area contributed by atoms with Crippen molar-refractivity contribution < 1.29 is 19.4 Å². The van der Waals surface area contributed by atoms with E-state index in [9.17, 15) is 9.59 Å². The first-order valence-corrected chi connectivity index (χ1v) is 9.44. The van der Waals surface area contributed by atoms with Gasteiger partial charge in [0.2, 0.25) is 5.91 Å². The van der Waals surface area contributed by atoms with E-state index in [0.717, 1.165) is 22.7 Å². The maximum Gasteiger partial charge on any atom is 0.303 e. The van der Waals surface area contributed by atoms with Crippen LogP contribution in [0.3, 0.4) is 0 Å². The number of aryl methyl sites for hydroxylation is 1. The van der Waals surface area contributed by atoms with Crippen molar-refractivity contribution in [2.75, 3.05) is 12.4 Å². The number of nitrogens with zero attached hydrogens (tertiary/aromatic N) is 1. The number of ether oxygens (including phenoxy) is 1. The Bertz CT molecular complexity index is 1010. The molecule has 0 aliphatic rings. The molecule has 1 aromatic heterocycles. The van der Waals surface area contributed by atoms with Crippen molar-refractivity contribution in [1.29, 1.82) is 0 Å². The molecule has 2 aromatic carbocycles. The number of hydrogen-bond acceptors (Lipinski definition) is 3. The van der Waals surface area contributed by atoms with Crippen LogP contribution in [0.1, 0.15) is 12.1 Å². The smallest absolute Gasteiger partial charge is 0.303 e. The van der Waals surface area contributed by atoms with Crippen LogP contribution in [0, 0.1) is 0 Å². The van der Waals surface area contributed by atoms with E-state index in [1.165, 1.54) is 0 Å². The summed E-state index contributed by atoms with van der Waals surface area (Å²) in [6.07, 6.45) is 0.317. The molecule has 0 spiro atoms. The number of halogens is 1. The number of nitrogens with one attached hydrogen (secondary N) is 1. The van der Waals surface area contributed by atoms with Crippen molar-refractivity contribution in [2.24, 2.45) is 0 Å². The number of anilines is 1. The molecule has 150 valence electrons. The average molecular weight is 413 g/mol. The summed E-state index contributed by atoms with van der Waals surface area (Å²) in [7, 11) is 1.60. The molecule has 0 saturated heterocycles. The van der Waals surface area contributed by atoms with E-state index in [-0.39, 0.29) is 18.9 Å². The molecule has 6 nitrogen and oxygen atoms in total. The maximum absolute atomic E-state index is 12.7. The number of aliphatic carboxylic acids is 1. The molecule has 0 radical (unpaired) electrons. The quantitative estimate of drug-likeness (QED) is 0.572. The van der Waals surface area contributed by atoms with Crippen LogP contribution < -0.4 is 10.1 Å². The first kappa shape index (κ1) is 20.5. The number of carboxylic acid groups (broad SMARTS) is 1. The van der Waals surface area contributed by atoms with Crippen LogP contribution in [0.15, 0.2) is 60.7 Å². The second kappa shape index (κ2) is 9.30. The molecule has 1 heterocycles. The van der Waals surface area contributed by atoms with Crippen LogP contribution in [0.2, 0.25) is 5.02 Å². The van der Waals surface area contributed by atoms with E-state index >= 15 is 0 Å². The van der Waals surface area contributed by atoms with Crippen molar-refractivity contribution in [1.82, 2.24) is 4.57 Å². The van der Waals surface area contributed by atoms with E-state index in [0.29, 0.717) is 17.1 Å². The van der Waals surface area contributed by atoms with Crippen LogP contribution in [-0.2, 0) is 22.6 Å². The minimum absolute atomic E-state index is 0.0119. The lowest BCUT2D eigenvalue weighted by Gasteiger charge is -2.14. The summed E-state index contributed by atoms with van der Waals surface area (Å²) in [4.78, 5) is 23.7. The highest BCUT2D eigenvalue weighted by Gasteiger charge is 2.15. The number of carbonyl (C=O) groups is 2. The SMILES string of the molecule is COc1ccc(-c2ccc(CCC(=O)O)n2CC(=O)Nc2cccc(Cl)c2)cc1. The molecular weight excluding hydrogens is 392 g/mol. The number of hydrogen-bond donors (Lipinski definition) is 2. The fourth-order valence-electron chi connectivity index (χ4n) is 3.07. The Morgan fingerprint density at radius 1 is 1.10 bits per heavy atom. The Balaban J connectivity index is 1.87. The zero-order valence-corrected chi connectivity index (χ0v) is 16.6. The zero-order valence-electron chi connectivity index (χ0n) is 15.9. The summed E-state index contributed by atoms with van der Waals surface area (Å²) in [6, 6.07) is 18.2. The lowest BCUT2D eigenvalue weighted by molar-refractivity contribution is -0.137. The minimum Gasteiger partial charge on any atom is -0.497 e. The normalized spacial score (nSPS) is 10.6. The summed E-state index contributed by atoms with van der Waals surface area (Å²) < 4.78 is 7.04. The van der Waals surface area contributed by atoms with Gasteiger partial charge >= 0.3 is 5.97 Å². The van der Waals surface area contributed by atoms with Gasteiger partial charge in [0.25, 0.3) is 0 Å². The predicted molar refractivity (Wildman–Crippen MR) is 112 cm³/mol. The number of amides is 1. The van der Waals surface area contributed by atoms with E-state index in [4.69, 9.17) is 21.4 Å². The van der Waals surface area contributed by atoms with Gasteiger partial charge < -0.3 is 19.7 Å². The largest absolute Gasteiger partial charge is 0.497 e. The third kappa shape index (κ3) is 5.39. The van der Waals surface area contributed by atoms with Gasteiger partial charge in [-0.05, 0) is 66.6 Å². The highest BCUT2D eigenvalue weighted by Crippen LogP contribution is 2.26. The Labute approximate surface area is 173 Å². The van der Waals surface area contributed by atoms with Gasteiger partial charge in [0, 0.05) is 22.1 Å². The van der Waals surface area contributed by atoms with Crippen molar-refractivity contribution in [3.8, 4) is 17.0 Å². The fraction of sp³-hybridized carbons (Fsp3) is 0.182.